The lowest BCUT2D eigenvalue weighted by Gasteiger charge is -2.46. The van der Waals surface area contributed by atoms with Gasteiger partial charge in [0.2, 0.25) is 0 Å². The third kappa shape index (κ3) is 3.37. The Labute approximate surface area is 111 Å². The maximum Gasteiger partial charge on any atom is 0.410 e. The zero-order valence-corrected chi connectivity index (χ0v) is 12.2. The van der Waals surface area contributed by atoms with Gasteiger partial charge in [0.1, 0.15) is 0 Å². The molecule has 1 rings (SSSR count). The first-order valence-electron chi connectivity index (χ1n) is 7.13. The molecule has 1 aliphatic carbocycles. The smallest absolute Gasteiger partial charge is 0.410 e. The second-order valence-corrected chi connectivity index (χ2v) is 5.79. The molecule has 106 valence electrons. The van der Waals surface area contributed by atoms with Crippen molar-refractivity contribution in [2.45, 2.75) is 65.0 Å². The second-order valence-electron chi connectivity index (χ2n) is 5.79. The van der Waals surface area contributed by atoms with Crippen LogP contribution in [0.4, 0.5) is 4.79 Å². The maximum atomic E-state index is 12.2. The van der Waals surface area contributed by atoms with Crippen molar-refractivity contribution in [1.29, 1.82) is 0 Å². The van der Waals surface area contributed by atoms with E-state index in [4.69, 9.17) is 10.5 Å². The summed E-state index contributed by atoms with van der Waals surface area (Å²) in [5.41, 5.74) is 5.79. The van der Waals surface area contributed by atoms with E-state index < -0.39 is 0 Å². The average molecular weight is 256 g/mol. The zero-order chi connectivity index (χ0) is 13.8. The van der Waals surface area contributed by atoms with Gasteiger partial charge < -0.3 is 15.4 Å². The van der Waals surface area contributed by atoms with Gasteiger partial charge in [0.15, 0.2) is 0 Å². The molecule has 0 atom stereocenters. The number of carbonyl (C=O) groups is 1. The Bertz CT molecular complexity index is 271. The molecule has 4 nitrogen and oxygen atoms in total. The van der Waals surface area contributed by atoms with Crippen molar-refractivity contribution in [2.75, 3.05) is 13.1 Å². The summed E-state index contributed by atoms with van der Waals surface area (Å²) in [6.45, 7) is 9.21. The van der Waals surface area contributed by atoms with Crippen LogP contribution in [-0.2, 0) is 4.74 Å². The highest BCUT2D eigenvalue weighted by atomic mass is 16.6. The third-order valence-electron chi connectivity index (χ3n) is 4.03. The fourth-order valence-electron chi connectivity index (χ4n) is 2.81. The lowest BCUT2D eigenvalue weighted by Crippen LogP contribution is -2.58. The average Bonchev–Trinajstić information content (AvgIpc) is 2.32. The van der Waals surface area contributed by atoms with E-state index in [0.717, 1.165) is 31.6 Å². The predicted molar refractivity (Wildman–Crippen MR) is 73.4 cm³/mol. The molecule has 0 saturated heterocycles. The highest BCUT2D eigenvalue weighted by molar-refractivity contribution is 5.69. The SMILES string of the molecule is CCN(C(=O)OC(C)C)C1(CN)CCC(C)CC1. The fraction of sp³-hybridized carbons (Fsp3) is 0.929. The van der Waals surface area contributed by atoms with Crippen molar-refractivity contribution in [1.82, 2.24) is 4.90 Å². The Balaban J connectivity index is 2.79. The molecule has 2 N–H and O–H groups in total. The molecule has 0 unspecified atom stereocenters. The normalized spacial score (nSPS) is 28.2. The molecular weight excluding hydrogens is 228 g/mol. The number of ether oxygens (including phenoxy) is 1. The Morgan fingerprint density at radius 1 is 1.44 bits per heavy atom. The summed E-state index contributed by atoms with van der Waals surface area (Å²) in [6, 6.07) is 0. The molecule has 0 aromatic rings. The standard InChI is InChI=1S/C14H28N2O2/c1-5-16(13(17)18-11(2)3)14(10-15)8-6-12(4)7-9-14/h11-12H,5-10,15H2,1-4H3. The van der Waals surface area contributed by atoms with E-state index in [1.165, 1.54) is 0 Å². The number of hydrogen-bond donors (Lipinski definition) is 1. The monoisotopic (exact) mass is 256 g/mol. The molecule has 0 aromatic carbocycles. The molecule has 1 fully saturated rings. The summed E-state index contributed by atoms with van der Waals surface area (Å²) in [4.78, 5) is 14.0. The largest absolute Gasteiger partial charge is 0.447 e. The van der Waals surface area contributed by atoms with Crippen LogP contribution in [-0.4, -0.2) is 35.7 Å². The first kappa shape index (κ1) is 15.3. The molecule has 0 radical (unpaired) electrons. The zero-order valence-electron chi connectivity index (χ0n) is 12.2. The highest BCUT2D eigenvalue weighted by Crippen LogP contribution is 2.36. The molecule has 0 aliphatic heterocycles. The Morgan fingerprint density at radius 2 is 2.00 bits per heavy atom. The summed E-state index contributed by atoms with van der Waals surface area (Å²) >= 11 is 0. The van der Waals surface area contributed by atoms with Crippen LogP contribution in [0, 0.1) is 5.92 Å². The van der Waals surface area contributed by atoms with E-state index in [9.17, 15) is 4.79 Å². The quantitative estimate of drug-likeness (QED) is 0.841. The molecule has 1 aliphatic rings. The number of hydrogen-bond acceptors (Lipinski definition) is 3. The van der Waals surface area contributed by atoms with Crippen molar-refractivity contribution in [2.24, 2.45) is 11.7 Å². The van der Waals surface area contributed by atoms with E-state index in [1.807, 2.05) is 25.7 Å². The Kier molecular flexibility index (Phi) is 5.45. The van der Waals surface area contributed by atoms with E-state index in [-0.39, 0.29) is 17.7 Å². The van der Waals surface area contributed by atoms with E-state index >= 15 is 0 Å². The minimum Gasteiger partial charge on any atom is -0.447 e. The van der Waals surface area contributed by atoms with Gasteiger partial charge in [0.05, 0.1) is 11.6 Å². The van der Waals surface area contributed by atoms with E-state index in [2.05, 4.69) is 6.92 Å². The van der Waals surface area contributed by atoms with Gasteiger partial charge in [-0.25, -0.2) is 4.79 Å². The molecule has 0 aromatic heterocycles. The molecular formula is C14H28N2O2. The van der Waals surface area contributed by atoms with Crippen molar-refractivity contribution in [3.63, 3.8) is 0 Å². The minimum absolute atomic E-state index is 0.0797. The lowest BCUT2D eigenvalue weighted by atomic mass is 9.76. The van der Waals surface area contributed by atoms with Crippen molar-refractivity contribution >= 4 is 6.09 Å². The van der Waals surface area contributed by atoms with Gasteiger partial charge in [-0.3, -0.25) is 0 Å². The molecule has 0 spiro atoms. The van der Waals surface area contributed by atoms with Crippen LogP contribution in [0.5, 0.6) is 0 Å². The molecule has 1 saturated carbocycles. The summed E-state index contributed by atoms with van der Waals surface area (Å²) in [6.07, 6.45) is 3.97. The summed E-state index contributed by atoms with van der Waals surface area (Å²) in [5.74, 6) is 0.740. The number of nitrogens with zero attached hydrogens (tertiary/aromatic N) is 1. The summed E-state index contributed by atoms with van der Waals surface area (Å²) < 4.78 is 5.34. The van der Waals surface area contributed by atoms with Crippen molar-refractivity contribution in [3.05, 3.63) is 0 Å². The summed E-state index contributed by atoms with van der Waals surface area (Å²) in [5, 5.41) is 0. The number of nitrogens with two attached hydrogens (primary N) is 1. The van der Waals surface area contributed by atoms with Gasteiger partial charge in [-0.2, -0.15) is 0 Å². The van der Waals surface area contributed by atoms with Crippen LogP contribution < -0.4 is 5.73 Å². The van der Waals surface area contributed by atoms with Gasteiger partial charge in [-0.05, 0) is 52.4 Å². The Morgan fingerprint density at radius 3 is 2.39 bits per heavy atom. The van der Waals surface area contributed by atoms with E-state index in [1.54, 1.807) is 0 Å². The molecule has 1 amide bonds. The van der Waals surface area contributed by atoms with Crippen LogP contribution in [0.2, 0.25) is 0 Å². The van der Waals surface area contributed by atoms with Crippen molar-refractivity contribution < 1.29 is 9.53 Å². The van der Waals surface area contributed by atoms with Crippen LogP contribution in [0.3, 0.4) is 0 Å². The number of amides is 1. The van der Waals surface area contributed by atoms with Crippen LogP contribution in [0.25, 0.3) is 0 Å². The van der Waals surface area contributed by atoms with Gasteiger partial charge >= 0.3 is 6.09 Å². The number of carbonyl (C=O) groups excluding carboxylic acids is 1. The topological polar surface area (TPSA) is 55.6 Å². The molecule has 18 heavy (non-hydrogen) atoms. The van der Waals surface area contributed by atoms with Gasteiger partial charge in [0, 0.05) is 13.1 Å². The number of rotatable bonds is 4. The molecule has 0 heterocycles. The first-order chi connectivity index (χ1) is 8.45. The van der Waals surface area contributed by atoms with Crippen molar-refractivity contribution in [3.8, 4) is 0 Å². The Hall–Kier alpha value is -0.770. The van der Waals surface area contributed by atoms with Crippen LogP contribution >= 0.6 is 0 Å². The van der Waals surface area contributed by atoms with Gasteiger partial charge in [-0.1, -0.05) is 6.92 Å². The third-order valence-corrected chi connectivity index (χ3v) is 4.03. The lowest BCUT2D eigenvalue weighted by molar-refractivity contribution is 0.0170. The summed E-state index contributed by atoms with van der Waals surface area (Å²) in [7, 11) is 0. The highest BCUT2D eigenvalue weighted by Gasteiger charge is 2.41. The van der Waals surface area contributed by atoms with Crippen LogP contribution in [0.1, 0.15) is 53.4 Å². The van der Waals surface area contributed by atoms with E-state index in [0.29, 0.717) is 13.1 Å². The predicted octanol–water partition coefficient (Wildman–Crippen LogP) is 2.76. The van der Waals surface area contributed by atoms with Gasteiger partial charge in [-0.15, -0.1) is 0 Å². The number of likely N-dealkylation sites (N-methyl/N-ethyl adjacent to an activating group) is 1. The van der Waals surface area contributed by atoms with Gasteiger partial charge in [0.25, 0.3) is 0 Å². The van der Waals surface area contributed by atoms with Crippen LogP contribution in [0.15, 0.2) is 0 Å². The molecule has 0 bridgehead atoms. The first-order valence-corrected chi connectivity index (χ1v) is 7.13. The maximum absolute atomic E-state index is 12.2. The minimum atomic E-state index is -0.215. The molecule has 4 heteroatoms. The second kappa shape index (κ2) is 6.41. The fourth-order valence-corrected chi connectivity index (χ4v) is 2.81.